The molecule has 3 aliphatic heterocycles. The van der Waals surface area contributed by atoms with Crippen molar-refractivity contribution >= 4 is 17.7 Å². The van der Waals surface area contributed by atoms with Crippen LogP contribution >= 0.6 is 0 Å². The van der Waals surface area contributed by atoms with Gasteiger partial charge < -0.3 is 9.64 Å². The van der Waals surface area contributed by atoms with Gasteiger partial charge in [-0.3, -0.25) is 24.6 Å². The molecule has 36 heavy (non-hydrogen) atoms. The lowest BCUT2D eigenvalue weighted by Crippen LogP contribution is -2.57. The Balaban J connectivity index is 1.12. The van der Waals surface area contributed by atoms with Crippen molar-refractivity contribution in [1.29, 1.82) is 0 Å². The Morgan fingerprint density at radius 1 is 0.972 bits per heavy atom. The number of hydrogen-bond donors (Lipinski definition) is 1. The average Bonchev–Trinajstić information content (AvgIpc) is 3.15. The Kier molecular flexibility index (Phi) is 5.99. The smallest absolute Gasteiger partial charge is 0.255 e. The van der Waals surface area contributed by atoms with Crippen molar-refractivity contribution in [3.63, 3.8) is 0 Å². The maximum absolute atomic E-state index is 13.6. The van der Waals surface area contributed by atoms with Crippen LogP contribution < -0.4 is 10.1 Å². The highest BCUT2D eigenvalue weighted by Crippen LogP contribution is 2.36. The van der Waals surface area contributed by atoms with E-state index in [1.807, 2.05) is 18.2 Å². The number of likely N-dealkylation sites (tertiary alicyclic amines) is 1. The number of nitrogens with one attached hydrogen (secondary N) is 1. The molecule has 1 aliphatic carbocycles. The summed E-state index contributed by atoms with van der Waals surface area (Å²) >= 11 is 0. The molecular weight excluding hydrogens is 461 g/mol. The zero-order valence-corrected chi connectivity index (χ0v) is 20.1. The number of carbonyl (C=O) groups excluding carboxylic acids is 3. The summed E-state index contributed by atoms with van der Waals surface area (Å²) < 4.78 is 20.1. The molecule has 2 aromatic carbocycles. The van der Waals surface area contributed by atoms with E-state index in [4.69, 9.17) is 4.74 Å². The van der Waals surface area contributed by atoms with Crippen LogP contribution in [0.5, 0.6) is 5.75 Å². The summed E-state index contributed by atoms with van der Waals surface area (Å²) in [6.07, 6.45) is 5.00. The van der Waals surface area contributed by atoms with Crippen LogP contribution in [0.3, 0.4) is 0 Å². The van der Waals surface area contributed by atoms with Crippen LogP contribution in [-0.4, -0.2) is 58.8 Å². The van der Waals surface area contributed by atoms with Crippen molar-refractivity contribution in [2.45, 2.75) is 69.2 Å². The molecule has 3 amide bonds. The molecule has 1 saturated carbocycles. The highest BCUT2D eigenvalue weighted by atomic mass is 19.1. The van der Waals surface area contributed by atoms with Crippen LogP contribution in [-0.2, 0) is 16.1 Å². The van der Waals surface area contributed by atoms with Gasteiger partial charge in [0.1, 0.15) is 23.7 Å². The molecule has 0 aromatic heterocycles. The predicted octanol–water partition coefficient (Wildman–Crippen LogP) is 3.38. The molecule has 188 valence electrons. The van der Waals surface area contributed by atoms with Crippen LogP contribution in [0, 0.1) is 5.82 Å². The minimum Gasteiger partial charge on any atom is -0.489 e. The van der Waals surface area contributed by atoms with Gasteiger partial charge in [-0.05, 0) is 67.1 Å². The summed E-state index contributed by atoms with van der Waals surface area (Å²) in [6.45, 7) is 2.16. The molecule has 1 unspecified atom stereocenters. The number of nitrogens with zero attached hydrogens (tertiary/aromatic N) is 2. The molecule has 0 bridgehead atoms. The second-order valence-corrected chi connectivity index (χ2v) is 10.4. The normalized spacial score (nSPS) is 27.0. The Morgan fingerprint density at radius 3 is 2.61 bits per heavy atom. The van der Waals surface area contributed by atoms with Gasteiger partial charge in [0.2, 0.25) is 11.8 Å². The van der Waals surface area contributed by atoms with Gasteiger partial charge in [0, 0.05) is 43.6 Å². The largest absolute Gasteiger partial charge is 0.489 e. The number of imide groups is 1. The molecule has 0 radical (unpaired) electrons. The number of ether oxygens (including phenoxy) is 1. The van der Waals surface area contributed by atoms with E-state index in [2.05, 4.69) is 10.2 Å². The lowest BCUT2D eigenvalue weighted by atomic mass is 9.84. The third-order valence-corrected chi connectivity index (χ3v) is 8.15. The van der Waals surface area contributed by atoms with Crippen LogP contribution in [0.4, 0.5) is 4.39 Å². The fourth-order valence-corrected chi connectivity index (χ4v) is 6.19. The second kappa shape index (κ2) is 9.32. The van der Waals surface area contributed by atoms with Gasteiger partial charge in [-0.25, -0.2) is 4.39 Å². The third-order valence-electron chi connectivity index (χ3n) is 8.15. The van der Waals surface area contributed by atoms with E-state index in [0.29, 0.717) is 30.5 Å². The summed E-state index contributed by atoms with van der Waals surface area (Å²) in [7, 11) is 0. The fourth-order valence-electron chi connectivity index (χ4n) is 6.19. The lowest BCUT2D eigenvalue weighted by molar-refractivity contribution is -0.136. The Hall–Kier alpha value is -3.26. The monoisotopic (exact) mass is 491 g/mol. The van der Waals surface area contributed by atoms with E-state index < -0.39 is 11.9 Å². The summed E-state index contributed by atoms with van der Waals surface area (Å²) in [6, 6.07) is 12.2. The minimum atomic E-state index is -0.618. The van der Waals surface area contributed by atoms with Gasteiger partial charge in [-0.15, -0.1) is 0 Å². The fraction of sp³-hybridized carbons (Fsp3) is 0.464. The molecule has 3 fully saturated rings. The van der Waals surface area contributed by atoms with E-state index in [1.165, 1.54) is 12.5 Å². The summed E-state index contributed by atoms with van der Waals surface area (Å²) in [5, 5.41) is 2.34. The minimum absolute atomic E-state index is 0.0635. The molecule has 6 rings (SSSR count). The van der Waals surface area contributed by atoms with Crippen molar-refractivity contribution in [2.24, 2.45) is 0 Å². The summed E-state index contributed by atoms with van der Waals surface area (Å²) in [5.41, 5.74) is 2.50. The van der Waals surface area contributed by atoms with E-state index in [9.17, 15) is 18.8 Å². The third kappa shape index (κ3) is 4.28. The zero-order valence-electron chi connectivity index (χ0n) is 20.1. The average molecular weight is 492 g/mol. The maximum Gasteiger partial charge on any atom is 0.255 e. The Morgan fingerprint density at radius 2 is 1.81 bits per heavy atom. The van der Waals surface area contributed by atoms with Gasteiger partial charge in [-0.1, -0.05) is 18.6 Å². The van der Waals surface area contributed by atoms with Crippen molar-refractivity contribution in [3.05, 3.63) is 65.0 Å². The zero-order chi connectivity index (χ0) is 24.8. The predicted molar refractivity (Wildman–Crippen MR) is 130 cm³/mol. The van der Waals surface area contributed by atoms with E-state index in [0.717, 1.165) is 49.2 Å². The van der Waals surface area contributed by atoms with Gasteiger partial charge in [0.15, 0.2) is 0 Å². The molecule has 1 N–H and O–H groups in total. The maximum atomic E-state index is 13.6. The van der Waals surface area contributed by atoms with Crippen molar-refractivity contribution in [3.8, 4) is 5.75 Å². The van der Waals surface area contributed by atoms with Crippen molar-refractivity contribution in [2.75, 3.05) is 13.1 Å². The number of amides is 3. The SMILES string of the molecule is O=C1CCC(N2Cc3cc(O[C@H]4CCCC[C@@H]4N4CC(c5cccc(F)c5)C4)ccc3C2=O)C(=O)N1. The second-order valence-electron chi connectivity index (χ2n) is 10.4. The number of hydrogen-bond acceptors (Lipinski definition) is 5. The topological polar surface area (TPSA) is 79.0 Å². The molecule has 4 aliphatic rings. The highest BCUT2D eigenvalue weighted by molar-refractivity contribution is 6.05. The molecule has 2 aromatic rings. The number of carbonyl (C=O) groups is 3. The first-order valence-corrected chi connectivity index (χ1v) is 12.9. The first kappa shape index (κ1) is 23.2. The van der Waals surface area contributed by atoms with Gasteiger partial charge in [0.05, 0.1) is 0 Å². The first-order valence-electron chi connectivity index (χ1n) is 12.9. The van der Waals surface area contributed by atoms with E-state index in [-0.39, 0.29) is 30.2 Å². The van der Waals surface area contributed by atoms with E-state index >= 15 is 0 Å². The van der Waals surface area contributed by atoms with E-state index in [1.54, 1.807) is 23.1 Å². The summed E-state index contributed by atoms with van der Waals surface area (Å²) in [5.74, 6) is 0.0441. The molecule has 2 saturated heterocycles. The number of rotatable bonds is 5. The standard InChI is InChI=1S/C28H30FN3O4/c29-20-5-3-4-17(12-20)19-14-31(15-19)23-6-1-2-7-25(23)36-21-8-9-22-18(13-21)16-32(28(22)35)24-10-11-26(33)30-27(24)34/h3-5,8-9,12-13,19,23-25H,1-2,6-7,10-11,14-16H2,(H,30,33,34)/t23-,24?,25-/m0/s1. The van der Waals surface area contributed by atoms with Crippen molar-refractivity contribution in [1.82, 2.24) is 15.1 Å². The van der Waals surface area contributed by atoms with Crippen LogP contribution in [0.1, 0.15) is 65.9 Å². The van der Waals surface area contributed by atoms with Gasteiger partial charge in [-0.2, -0.15) is 0 Å². The van der Waals surface area contributed by atoms with Gasteiger partial charge in [0.25, 0.3) is 5.91 Å². The quantitative estimate of drug-likeness (QED) is 0.649. The number of piperidine rings is 1. The molecule has 0 spiro atoms. The first-order chi connectivity index (χ1) is 17.5. The number of halogens is 1. The molecule has 3 heterocycles. The molecule has 7 nitrogen and oxygen atoms in total. The summed E-state index contributed by atoms with van der Waals surface area (Å²) in [4.78, 5) is 40.8. The molecular formula is C28H30FN3O4. The Labute approximate surface area is 209 Å². The number of benzene rings is 2. The van der Waals surface area contributed by atoms with Gasteiger partial charge >= 0.3 is 0 Å². The van der Waals surface area contributed by atoms with Crippen LogP contribution in [0.2, 0.25) is 0 Å². The molecule has 3 atom stereocenters. The van der Waals surface area contributed by atoms with Crippen molar-refractivity contribution < 1.29 is 23.5 Å². The lowest BCUT2D eigenvalue weighted by Gasteiger charge is -2.48. The van der Waals surface area contributed by atoms with Crippen LogP contribution in [0.15, 0.2) is 42.5 Å². The number of fused-ring (bicyclic) bond motifs is 1. The van der Waals surface area contributed by atoms with Crippen LogP contribution in [0.25, 0.3) is 0 Å². The molecule has 8 heteroatoms. The highest BCUT2D eigenvalue weighted by Gasteiger charge is 2.41. The Bertz CT molecular complexity index is 1210.